The summed E-state index contributed by atoms with van der Waals surface area (Å²) in [7, 11) is 0. The van der Waals surface area contributed by atoms with Gasteiger partial charge in [-0.25, -0.2) is 4.79 Å². The van der Waals surface area contributed by atoms with E-state index in [2.05, 4.69) is 15.4 Å². The standard InChI is InChI=1S/C21H18N6O6/c1-2-33-21(30)26-17-12-25(20(29)14-4-3-9-22-10-14)11-16(17)18(24-26)23-19(28)13-5-7-15(8-6-13)27(31)32/h3-10H,2,11-12H2,1H3,(H,23,24,28). The van der Waals surface area contributed by atoms with Crippen LogP contribution in [0.15, 0.2) is 48.8 Å². The quantitative estimate of drug-likeness (QED) is 0.460. The number of hydrogen-bond donors (Lipinski definition) is 1. The molecule has 0 fully saturated rings. The number of amides is 2. The smallest absolute Gasteiger partial charge is 0.435 e. The SMILES string of the molecule is CCOC(=O)n1nc(NC(=O)c2ccc([N+](=O)[O-])cc2)c2c1CN(C(=O)c1cccnc1)C2. The van der Waals surface area contributed by atoms with Gasteiger partial charge in [0.15, 0.2) is 5.82 Å². The van der Waals surface area contributed by atoms with Crippen LogP contribution in [0, 0.1) is 10.1 Å². The molecule has 1 aliphatic heterocycles. The van der Waals surface area contributed by atoms with E-state index in [0.717, 1.165) is 4.68 Å². The average Bonchev–Trinajstić information content (AvgIpc) is 3.40. The van der Waals surface area contributed by atoms with Gasteiger partial charge in [0, 0.05) is 35.7 Å². The summed E-state index contributed by atoms with van der Waals surface area (Å²) in [6, 6.07) is 8.33. The lowest BCUT2D eigenvalue weighted by Crippen LogP contribution is -2.28. The van der Waals surface area contributed by atoms with Crippen molar-refractivity contribution in [2.75, 3.05) is 11.9 Å². The van der Waals surface area contributed by atoms with Crippen molar-refractivity contribution < 1.29 is 24.0 Å². The summed E-state index contributed by atoms with van der Waals surface area (Å²) in [6.07, 6.45) is 2.26. The predicted octanol–water partition coefficient (Wildman–Crippen LogP) is 2.60. The highest BCUT2D eigenvalue weighted by molar-refractivity contribution is 6.04. The molecule has 0 radical (unpaired) electrons. The van der Waals surface area contributed by atoms with Crippen molar-refractivity contribution in [2.45, 2.75) is 20.0 Å². The summed E-state index contributed by atoms with van der Waals surface area (Å²) in [5.41, 5.74) is 1.32. The first kappa shape index (κ1) is 21.6. The Morgan fingerprint density at radius 1 is 1.15 bits per heavy atom. The van der Waals surface area contributed by atoms with Crippen LogP contribution in [0.5, 0.6) is 0 Å². The first-order chi connectivity index (χ1) is 15.9. The van der Waals surface area contributed by atoms with E-state index >= 15 is 0 Å². The molecule has 33 heavy (non-hydrogen) atoms. The molecule has 168 valence electrons. The molecule has 1 aromatic carbocycles. The molecule has 0 spiro atoms. The summed E-state index contributed by atoms with van der Waals surface area (Å²) >= 11 is 0. The monoisotopic (exact) mass is 450 g/mol. The molecule has 0 aliphatic carbocycles. The molecule has 12 nitrogen and oxygen atoms in total. The minimum Gasteiger partial charge on any atom is -0.448 e. The number of ether oxygens (including phenoxy) is 1. The Balaban J connectivity index is 1.61. The number of benzene rings is 1. The van der Waals surface area contributed by atoms with Crippen LogP contribution in [-0.4, -0.2) is 49.1 Å². The molecule has 3 heterocycles. The molecule has 0 unspecified atom stereocenters. The van der Waals surface area contributed by atoms with Gasteiger partial charge in [0.1, 0.15) is 0 Å². The lowest BCUT2D eigenvalue weighted by atomic mass is 10.2. The second-order valence-electron chi connectivity index (χ2n) is 7.05. The molecule has 0 bridgehead atoms. The number of non-ortho nitro benzene ring substituents is 1. The third-order valence-electron chi connectivity index (χ3n) is 4.99. The second kappa shape index (κ2) is 8.86. The Morgan fingerprint density at radius 2 is 1.91 bits per heavy atom. The molecule has 0 atom stereocenters. The number of rotatable bonds is 5. The summed E-state index contributed by atoms with van der Waals surface area (Å²) in [4.78, 5) is 53.7. The third-order valence-corrected chi connectivity index (χ3v) is 4.99. The maximum atomic E-state index is 12.9. The summed E-state index contributed by atoms with van der Waals surface area (Å²) in [5, 5.41) is 17.6. The number of carbonyl (C=O) groups is 3. The van der Waals surface area contributed by atoms with E-state index in [4.69, 9.17) is 4.74 Å². The first-order valence-corrected chi connectivity index (χ1v) is 9.92. The van der Waals surface area contributed by atoms with E-state index in [1.54, 1.807) is 25.3 Å². The van der Waals surface area contributed by atoms with Crippen LogP contribution in [0.25, 0.3) is 0 Å². The van der Waals surface area contributed by atoms with Gasteiger partial charge >= 0.3 is 6.09 Å². The molecule has 0 saturated carbocycles. The average molecular weight is 450 g/mol. The molecule has 1 aliphatic rings. The van der Waals surface area contributed by atoms with Crippen LogP contribution in [-0.2, 0) is 17.8 Å². The molecule has 2 aromatic heterocycles. The highest BCUT2D eigenvalue weighted by Gasteiger charge is 2.34. The minimum absolute atomic E-state index is 0.0856. The van der Waals surface area contributed by atoms with Gasteiger partial charge in [0.05, 0.1) is 35.9 Å². The van der Waals surface area contributed by atoms with Crippen molar-refractivity contribution in [3.8, 4) is 0 Å². The number of anilines is 1. The van der Waals surface area contributed by atoms with E-state index in [1.165, 1.54) is 35.4 Å². The van der Waals surface area contributed by atoms with E-state index in [9.17, 15) is 24.5 Å². The zero-order valence-electron chi connectivity index (χ0n) is 17.4. The van der Waals surface area contributed by atoms with Gasteiger partial charge in [-0.1, -0.05) is 0 Å². The van der Waals surface area contributed by atoms with Gasteiger partial charge < -0.3 is 15.0 Å². The Labute approximate surface area is 186 Å². The molecule has 4 rings (SSSR count). The first-order valence-electron chi connectivity index (χ1n) is 9.92. The number of nitro groups is 1. The summed E-state index contributed by atoms with van der Waals surface area (Å²) < 4.78 is 6.07. The fourth-order valence-corrected chi connectivity index (χ4v) is 3.41. The lowest BCUT2D eigenvalue weighted by Gasteiger charge is -2.16. The summed E-state index contributed by atoms with van der Waals surface area (Å²) in [5.74, 6) is -0.761. The highest BCUT2D eigenvalue weighted by atomic mass is 16.6. The van der Waals surface area contributed by atoms with E-state index < -0.39 is 16.9 Å². The highest BCUT2D eigenvalue weighted by Crippen LogP contribution is 2.31. The zero-order chi connectivity index (χ0) is 23.5. The largest absolute Gasteiger partial charge is 0.448 e. The Hall–Kier alpha value is -4.61. The number of fused-ring (bicyclic) bond motifs is 1. The van der Waals surface area contributed by atoms with Crippen molar-refractivity contribution in [1.29, 1.82) is 0 Å². The van der Waals surface area contributed by atoms with E-state index in [1.807, 2.05) is 0 Å². The zero-order valence-corrected chi connectivity index (χ0v) is 17.4. The van der Waals surface area contributed by atoms with Gasteiger partial charge in [-0.15, -0.1) is 5.10 Å². The fourth-order valence-electron chi connectivity index (χ4n) is 3.41. The number of nitro benzene ring substituents is 1. The topological polar surface area (TPSA) is 150 Å². The van der Waals surface area contributed by atoms with Crippen LogP contribution < -0.4 is 5.32 Å². The Kier molecular flexibility index (Phi) is 5.81. The van der Waals surface area contributed by atoms with E-state index in [0.29, 0.717) is 16.8 Å². The van der Waals surface area contributed by atoms with Crippen LogP contribution in [0.3, 0.4) is 0 Å². The normalized spacial score (nSPS) is 12.2. The summed E-state index contributed by atoms with van der Waals surface area (Å²) in [6.45, 7) is 1.97. The third kappa shape index (κ3) is 4.26. The van der Waals surface area contributed by atoms with Crippen molar-refractivity contribution >= 4 is 29.4 Å². The number of nitrogens with zero attached hydrogens (tertiary/aromatic N) is 5. The fraction of sp³-hybridized carbons (Fsp3) is 0.190. The lowest BCUT2D eigenvalue weighted by molar-refractivity contribution is -0.384. The second-order valence-corrected chi connectivity index (χ2v) is 7.05. The van der Waals surface area contributed by atoms with Gasteiger partial charge in [-0.05, 0) is 31.2 Å². The molecule has 1 N–H and O–H groups in total. The Bertz CT molecular complexity index is 1240. The number of hydrogen-bond acceptors (Lipinski definition) is 8. The van der Waals surface area contributed by atoms with Crippen molar-refractivity contribution in [1.82, 2.24) is 19.7 Å². The van der Waals surface area contributed by atoms with Crippen LogP contribution in [0.1, 0.15) is 38.9 Å². The van der Waals surface area contributed by atoms with Crippen LogP contribution in [0.2, 0.25) is 0 Å². The Morgan fingerprint density at radius 3 is 2.55 bits per heavy atom. The molecular weight excluding hydrogens is 432 g/mol. The molecule has 2 amide bonds. The van der Waals surface area contributed by atoms with Crippen molar-refractivity contribution in [2.24, 2.45) is 0 Å². The van der Waals surface area contributed by atoms with Crippen LogP contribution >= 0.6 is 0 Å². The maximum Gasteiger partial charge on any atom is 0.435 e. The molecular formula is C21H18N6O6. The van der Waals surface area contributed by atoms with Gasteiger partial charge in [0.2, 0.25) is 0 Å². The maximum absolute atomic E-state index is 12.9. The molecule has 0 saturated heterocycles. The number of carbonyl (C=O) groups excluding carboxylic acids is 3. The number of nitrogens with one attached hydrogen (secondary N) is 1. The van der Waals surface area contributed by atoms with Crippen LogP contribution in [0.4, 0.5) is 16.3 Å². The number of pyridine rings is 1. The van der Waals surface area contributed by atoms with Gasteiger partial charge in [-0.3, -0.25) is 24.7 Å². The number of aromatic nitrogens is 3. The van der Waals surface area contributed by atoms with E-state index in [-0.39, 0.29) is 42.7 Å². The molecule has 3 aromatic rings. The van der Waals surface area contributed by atoms with Crippen molar-refractivity contribution in [3.63, 3.8) is 0 Å². The van der Waals surface area contributed by atoms with Gasteiger partial charge in [-0.2, -0.15) is 4.68 Å². The van der Waals surface area contributed by atoms with Gasteiger partial charge in [0.25, 0.3) is 17.5 Å². The van der Waals surface area contributed by atoms with Crippen molar-refractivity contribution in [3.05, 3.63) is 81.3 Å². The molecule has 12 heteroatoms. The minimum atomic E-state index is -0.736. The predicted molar refractivity (Wildman–Crippen MR) is 114 cm³/mol.